The van der Waals surface area contributed by atoms with Gasteiger partial charge in [-0.2, -0.15) is 0 Å². The highest BCUT2D eigenvalue weighted by atomic mass is 35.5. The van der Waals surface area contributed by atoms with Crippen molar-refractivity contribution in [2.45, 2.75) is 38.1 Å². The second kappa shape index (κ2) is 8.02. The molecule has 0 saturated heterocycles. The third-order valence-electron chi connectivity index (χ3n) is 2.70. The second-order valence-electron chi connectivity index (χ2n) is 4.57. The van der Waals surface area contributed by atoms with Gasteiger partial charge < -0.3 is 5.32 Å². The van der Waals surface area contributed by atoms with Crippen LogP contribution in [0.4, 0.5) is 0 Å². The van der Waals surface area contributed by atoms with Crippen molar-refractivity contribution in [1.29, 1.82) is 0 Å². The van der Waals surface area contributed by atoms with Crippen LogP contribution >= 0.6 is 23.4 Å². The van der Waals surface area contributed by atoms with Gasteiger partial charge in [0, 0.05) is 21.7 Å². The van der Waals surface area contributed by atoms with E-state index in [-0.39, 0.29) is 0 Å². The van der Waals surface area contributed by atoms with Crippen LogP contribution in [0, 0.1) is 5.92 Å². The zero-order valence-electron chi connectivity index (χ0n) is 10.9. The first-order valence-electron chi connectivity index (χ1n) is 6.25. The van der Waals surface area contributed by atoms with E-state index in [0.29, 0.717) is 12.0 Å². The molecule has 17 heavy (non-hydrogen) atoms. The molecule has 0 aromatic heterocycles. The van der Waals surface area contributed by atoms with Crippen LogP contribution in [-0.2, 0) is 0 Å². The Morgan fingerprint density at radius 1 is 1.24 bits per heavy atom. The monoisotopic (exact) mass is 271 g/mol. The van der Waals surface area contributed by atoms with E-state index in [1.165, 1.54) is 11.3 Å². The number of hydrogen-bond acceptors (Lipinski definition) is 2. The Hall–Kier alpha value is -0.180. The zero-order chi connectivity index (χ0) is 12.7. The summed E-state index contributed by atoms with van der Waals surface area (Å²) >= 11 is 7.77. The molecule has 1 aromatic rings. The van der Waals surface area contributed by atoms with Crippen molar-refractivity contribution in [3.63, 3.8) is 0 Å². The molecule has 0 aliphatic rings. The molecule has 1 aromatic carbocycles. The molecule has 0 spiro atoms. The van der Waals surface area contributed by atoms with Crippen LogP contribution in [0.3, 0.4) is 0 Å². The highest BCUT2D eigenvalue weighted by Gasteiger charge is 2.12. The average Bonchev–Trinajstić information content (AvgIpc) is 2.31. The SMILES string of the molecule is CCCNC(CSc1ccc(Cl)cc1)C(C)C. The third-order valence-corrected chi connectivity index (χ3v) is 4.09. The fourth-order valence-electron chi connectivity index (χ4n) is 1.53. The first-order valence-corrected chi connectivity index (χ1v) is 7.61. The van der Waals surface area contributed by atoms with Gasteiger partial charge in [-0.3, -0.25) is 0 Å². The summed E-state index contributed by atoms with van der Waals surface area (Å²) < 4.78 is 0. The minimum atomic E-state index is 0.579. The van der Waals surface area contributed by atoms with Crippen molar-refractivity contribution < 1.29 is 0 Å². The van der Waals surface area contributed by atoms with Gasteiger partial charge in [0.1, 0.15) is 0 Å². The fraction of sp³-hybridized carbons (Fsp3) is 0.571. The molecule has 0 amide bonds. The molecule has 3 heteroatoms. The molecule has 0 fully saturated rings. The summed E-state index contributed by atoms with van der Waals surface area (Å²) in [5.74, 6) is 1.78. The normalized spacial score (nSPS) is 13.0. The van der Waals surface area contributed by atoms with Crippen LogP contribution in [0.25, 0.3) is 0 Å². The topological polar surface area (TPSA) is 12.0 Å². The Labute approximate surface area is 114 Å². The van der Waals surface area contributed by atoms with Gasteiger partial charge in [0.15, 0.2) is 0 Å². The molecular formula is C14H22ClNS. The standard InChI is InChI=1S/C14H22ClNS/c1-4-9-16-14(11(2)3)10-17-13-7-5-12(15)6-8-13/h5-8,11,14,16H,4,9-10H2,1-3H3. The third kappa shape index (κ3) is 5.80. The first kappa shape index (κ1) is 14.9. The molecule has 0 aliphatic carbocycles. The Morgan fingerprint density at radius 2 is 1.88 bits per heavy atom. The van der Waals surface area contributed by atoms with Crippen molar-refractivity contribution in [2.24, 2.45) is 5.92 Å². The highest BCUT2D eigenvalue weighted by molar-refractivity contribution is 7.99. The summed E-state index contributed by atoms with van der Waals surface area (Å²) in [5, 5.41) is 4.41. The Morgan fingerprint density at radius 3 is 2.41 bits per heavy atom. The van der Waals surface area contributed by atoms with Crippen molar-refractivity contribution in [3.05, 3.63) is 29.3 Å². The van der Waals surface area contributed by atoms with E-state index < -0.39 is 0 Å². The van der Waals surface area contributed by atoms with Crippen LogP contribution in [0.5, 0.6) is 0 Å². The van der Waals surface area contributed by atoms with Gasteiger partial charge in [-0.25, -0.2) is 0 Å². The van der Waals surface area contributed by atoms with E-state index in [0.717, 1.165) is 17.3 Å². The minimum Gasteiger partial charge on any atom is -0.313 e. The predicted octanol–water partition coefficient (Wildman–Crippen LogP) is 4.46. The molecule has 1 unspecified atom stereocenters. The van der Waals surface area contributed by atoms with Gasteiger partial charge >= 0.3 is 0 Å². The molecule has 0 heterocycles. The van der Waals surface area contributed by atoms with Crippen molar-refractivity contribution >= 4 is 23.4 Å². The Kier molecular flexibility index (Phi) is 7.02. The number of thioether (sulfide) groups is 1. The summed E-state index contributed by atoms with van der Waals surface area (Å²) in [6.45, 7) is 7.85. The van der Waals surface area contributed by atoms with Gasteiger partial charge in [-0.1, -0.05) is 32.4 Å². The largest absolute Gasteiger partial charge is 0.313 e. The number of halogens is 1. The number of benzene rings is 1. The zero-order valence-corrected chi connectivity index (χ0v) is 12.4. The van der Waals surface area contributed by atoms with Crippen LogP contribution in [0.15, 0.2) is 29.2 Å². The van der Waals surface area contributed by atoms with Gasteiger partial charge in [0.2, 0.25) is 0 Å². The van der Waals surface area contributed by atoms with Crippen molar-refractivity contribution in [3.8, 4) is 0 Å². The van der Waals surface area contributed by atoms with Gasteiger partial charge in [-0.15, -0.1) is 11.8 Å². The molecule has 0 saturated carbocycles. The molecular weight excluding hydrogens is 250 g/mol. The maximum Gasteiger partial charge on any atom is 0.0406 e. The smallest absolute Gasteiger partial charge is 0.0406 e. The van der Waals surface area contributed by atoms with Crippen LogP contribution < -0.4 is 5.32 Å². The molecule has 1 rings (SSSR count). The lowest BCUT2D eigenvalue weighted by atomic mass is 10.1. The lowest BCUT2D eigenvalue weighted by Crippen LogP contribution is -2.36. The lowest BCUT2D eigenvalue weighted by Gasteiger charge is -2.21. The quantitative estimate of drug-likeness (QED) is 0.735. The van der Waals surface area contributed by atoms with E-state index in [4.69, 9.17) is 11.6 Å². The molecule has 96 valence electrons. The van der Waals surface area contributed by atoms with Gasteiger partial charge in [0.05, 0.1) is 0 Å². The van der Waals surface area contributed by atoms with Gasteiger partial charge in [-0.05, 0) is 43.1 Å². The van der Waals surface area contributed by atoms with E-state index in [9.17, 15) is 0 Å². The number of nitrogens with one attached hydrogen (secondary N) is 1. The van der Waals surface area contributed by atoms with Crippen LogP contribution in [0.2, 0.25) is 5.02 Å². The summed E-state index contributed by atoms with van der Waals surface area (Å²) in [6.07, 6.45) is 1.19. The van der Waals surface area contributed by atoms with Crippen molar-refractivity contribution in [1.82, 2.24) is 5.32 Å². The fourth-order valence-corrected chi connectivity index (χ4v) is 2.86. The summed E-state index contributed by atoms with van der Waals surface area (Å²) in [5.41, 5.74) is 0. The van der Waals surface area contributed by atoms with E-state index in [1.807, 2.05) is 23.9 Å². The van der Waals surface area contributed by atoms with E-state index in [1.54, 1.807) is 0 Å². The average molecular weight is 272 g/mol. The lowest BCUT2D eigenvalue weighted by molar-refractivity contribution is 0.434. The molecule has 1 N–H and O–H groups in total. The maximum absolute atomic E-state index is 5.87. The second-order valence-corrected chi connectivity index (χ2v) is 6.10. The molecule has 0 aliphatic heterocycles. The molecule has 0 bridgehead atoms. The van der Waals surface area contributed by atoms with E-state index in [2.05, 4.69) is 38.2 Å². The highest BCUT2D eigenvalue weighted by Crippen LogP contribution is 2.22. The van der Waals surface area contributed by atoms with Crippen LogP contribution in [-0.4, -0.2) is 18.3 Å². The predicted molar refractivity (Wildman–Crippen MR) is 79.1 cm³/mol. The molecule has 1 atom stereocenters. The summed E-state index contributed by atoms with van der Waals surface area (Å²) in [4.78, 5) is 1.29. The Bertz CT molecular complexity index is 311. The van der Waals surface area contributed by atoms with Gasteiger partial charge in [0.25, 0.3) is 0 Å². The number of rotatable bonds is 7. The molecule has 1 nitrogen and oxygen atoms in total. The van der Waals surface area contributed by atoms with Crippen LogP contribution in [0.1, 0.15) is 27.2 Å². The number of hydrogen-bond donors (Lipinski definition) is 1. The van der Waals surface area contributed by atoms with E-state index >= 15 is 0 Å². The summed E-state index contributed by atoms with van der Waals surface area (Å²) in [6, 6.07) is 8.66. The first-order chi connectivity index (χ1) is 8.13. The summed E-state index contributed by atoms with van der Waals surface area (Å²) in [7, 11) is 0. The minimum absolute atomic E-state index is 0.579. The maximum atomic E-state index is 5.87. The van der Waals surface area contributed by atoms with Crippen molar-refractivity contribution in [2.75, 3.05) is 12.3 Å². The molecule has 0 radical (unpaired) electrons. The Balaban J connectivity index is 2.43.